The number of ether oxygens (including phenoxy) is 1. The Balaban J connectivity index is 0.000000141. The Bertz CT molecular complexity index is 825. The summed E-state index contributed by atoms with van der Waals surface area (Å²) in [5, 5.41) is 0. The van der Waals surface area contributed by atoms with Gasteiger partial charge in [-0.25, -0.2) is 0 Å². The van der Waals surface area contributed by atoms with Gasteiger partial charge in [0.1, 0.15) is 0 Å². The number of carbonyl (C=O) groups excluding carboxylic acids is 4. The molecule has 0 aromatic rings. The van der Waals surface area contributed by atoms with Crippen molar-refractivity contribution >= 4 is 23.6 Å². The van der Waals surface area contributed by atoms with E-state index in [0.717, 1.165) is 6.42 Å². The predicted octanol–water partition coefficient (Wildman–Crippen LogP) is 2.17. The standard InChI is InChI=1S/C12H15NO3.C10H11NO2.C2H6/c1-12(2,3)13-10(14)8-6-4-5-7(16-6)9(8)11(13)15;1-11-9(12)7-5-2-3-6(4-5)8(7)10(11)13;1-2/h4-9H,1-3H3;2-3,5-8H,4H2,1H3;1-2H3. The topological polar surface area (TPSA) is 84.0 Å². The number of hydrogen-bond donors (Lipinski definition) is 0. The van der Waals surface area contributed by atoms with E-state index in [2.05, 4.69) is 12.2 Å². The van der Waals surface area contributed by atoms with E-state index >= 15 is 0 Å². The summed E-state index contributed by atoms with van der Waals surface area (Å²) < 4.78 is 5.56. The third-order valence-corrected chi connectivity index (χ3v) is 7.27. The second-order valence-corrected chi connectivity index (χ2v) is 9.92. The smallest absolute Gasteiger partial charge is 0.236 e. The van der Waals surface area contributed by atoms with Crippen LogP contribution in [-0.2, 0) is 23.9 Å². The lowest BCUT2D eigenvalue weighted by atomic mass is 9.85. The first-order valence-electron chi connectivity index (χ1n) is 11.3. The number of likely N-dealkylation sites (tertiary alicyclic amines) is 2. The number of amides is 4. The van der Waals surface area contributed by atoms with Crippen molar-refractivity contribution in [3.8, 4) is 0 Å². The van der Waals surface area contributed by atoms with E-state index < -0.39 is 5.54 Å². The van der Waals surface area contributed by atoms with E-state index in [1.54, 1.807) is 7.05 Å². The van der Waals surface area contributed by atoms with Crippen LogP contribution in [0, 0.1) is 35.5 Å². The second-order valence-electron chi connectivity index (χ2n) is 9.92. The first-order valence-corrected chi connectivity index (χ1v) is 11.3. The van der Waals surface area contributed by atoms with E-state index in [9.17, 15) is 19.2 Å². The van der Waals surface area contributed by atoms with E-state index in [-0.39, 0.29) is 59.5 Å². The molecule has 3 saturated heterocycles. The predicted molar refractivity (Wildman–Crippen MR) is 113 cm³/mol. The van der Waals surface area contributed by atoms with E-state index in [4.69, 9.17) is 4.74 Å². The summed E-state index contributed by atoms with van der Waals surface area (Å²) in [7, 11) is 1.60. The SMILES string of the molecule is CC.CC(C)(C)N1C(=O)C2C3C=CC(O3)C2C1=O.CN1C(=O)C2C3C=CC(C3)C2C1=O. The molecule has 1 saturated carbocycles. The summed E-state index contributed by atoms with van der Waals surface area (Å²) in [5.74, 6) is 0.0219. The summed E-state index contributed by atoms with van der Waals surface area (Å²) in [4.78, 5) is 50.5. The highest BCUT2D eigenvalue weighted by Gasteiger charge is 2.62. The van der Waals surface area contributed by atoms with Crippen molar-refractivity contribution in [1.82, 2.24) is 9.80 Å². The van der Waals surface area contributed by atoms with E-state index in [1.807, 2.05) is 46.8 Å². The molecule has 0 radical (unpaired) electrons. The molecule has 0 aromatic heterocycles. The van der Waals surface area contributed by atoms with Gasteiger partial charge in [-0.05, 0) is 39.0 Å². The summed E-state index contributed by atoms with van der Waals surface area (Å²) in [5.41, 5.74) is -0.433. The van der Waals surface area contributed by atoms with Gasteiger partial charge in [0.2, 0.25) is 23.6 Å². The molecular formula is C24H32N2O5. The molecule has 31 heavy (non-hydrogen) atoms. The average Bonchev–Trinajstić information content (AvgIpc) is 3.54. The molecule has 0 spiro atoms. The van der Waals surface area contributed by atoms with Crippen molar-refractivity contribution in [3.63, 3.8) is 0 Å². The van der Waals surface area contributed by atoms with Crippen LogP contribution in [0.15, 0.2) is 24.3 Å². The van der Waals surface area contributed by atoms with Gasteiger partial charge in [0.15, 0.2) is 0 Å². The zero-order chi connectivity index (χ0) is 22.8. The van der Waals surface area contributed by atoms with Crippen LogP contribution in [0.4, 0.5) is 0 Å². The molecular weight excluding hydrogens is 396 g/mol. The minimum atomic E-state index is -0.433. The van der Waals surface area contributed by atoms with Gasteiger partial charge in [-0.3, -0.25) is 29.0 Å². The number of rotatable bonds is 0. The lowest BCUT2D eigenvalue weighted by Gasteiger charge is -2.31. The summed E-state index contributed by atoms with van der Waals surface area (Å²) in [6, 6.07) is 0. The van der Waals surface area contributed by atoms with Crippen LogP contribution in [0.1, 0.15) is 41.0 Å². The molecule has 4 bridgehead atoms. The molecule has 168 valence electrons. The zero-order valence-electron chi connectivity index (χ0n) is 19.1. The number of hydrogen-bond acceptors (Lipinski definition) is 5. The van der Waals surface area contributed by atoms with Gasteiger partial charge in [-0.1, -0.05) is 38.2 Å². The lowest BCUT2D eigenvalue weighted by Crippen LogP contribution is -2.47. The number of imide groups is 2. The van der Waals surface area contributed by atoms with Crippen molar-refractivity contribution in [2.45, 2.75) is 58.8 Å². The molecule has 8 atom stereocenters. The van der Waals surface area contributed by atoms with Crippen LogP contribution in [0.5, 0.6) is 0 Å². The fraction of sp³-hybridized carbons (Fsp3) is 0.667. The molecule has 7 heteroatoms. The van der Waals surface area contributed by atoms with Crippen molar-refractivity contribution < 1.29 is 23.9 Å². The van der Waals surface area contributed by atoms with Gasteiger partial charge < -0.3 is 4.74 Å². The average molecular weight is 429 g/mol. The first kappa shape index (κ1) is 21.9. The minimum absolute atomic E-state index is 0.0208. The van der Waals surface area contributed by atoms with Crippen LogP contribution in [0.2, 0.25) is 0 Å². The molecule has 6 aliphatic rings. The highest BCUT2D eigenvalue weighted by molar-refractivity contribution is 6.07. The Hall–Kier alpha value is -2.28. The minimum Gasteiger partial charge on any atom is -0.365 e. The molecule has 6 rings (SSSR count). The highest BCUT2D eigenvalue weighted by Crippen LogP contribution is 2.52. The summed E-state index contributed by atoms with van der Waals surface area (Å²) >= 11 is 0. The summed E-state index contributed by atoms with van der Waals surface area (Å²) in [6.45, 7) is 9.67. The maximum Gasteiger partial charge on any atom is 0.236 e. The molecule has 7 nitrogen and oxygen atoms in total. The molecule has 4 heterocycles. The van der Waals surface area contributed by atoms with E-state index in [0.29, 0.717) is 11.8 Å². The van der Waals surface area contributed by atoms with Gasteiger partial charge in [0.05, 0.1) is 35.9 Å². The van der Waals surface area contributed by atoms with E-state index in [1.165, 1.54) is 9.80 Å². The Morgan fingerprint density at radius 1 is 0.742 bits per heavy atom. The van der Waals surface area contributed by atoms with Crippen molar-refractivity contribution in [2.75, 3.05) is 7.05 Å². The molecule has 4 amide bonds. The van der Waals surface area contributed by atoms with Gasteiger partial charge in [-0.2, -0.15) is 0 Å². The zero-order valence-corrected chi connectivity index (χ0v) is 19.1. The van der Waals surface area contributed by atoms with Gasteiger partial charge in [0.25, 0.3) is 0 Å². The Morgan fingerprint density at radius 3 is 1.55 bits per heavy atom. The number of allylic oxidation sites excluding steroid dienone is 2. The third kappa shape index (κ3) is 3.04. The Kier molecular flexibility index (Phi) is 5.23. The van der Waals surface area contributed by atoms with Crippen LogP contribution < -0.4 is 0 Å². The van der Waals surface area contributed by atoms with Crippen molar-refractivity contribution in [2.24, 2.45) is 35.5 Å². The fourth-order valence-corrected chi connectivity index (χ4v) is 6.02. The quantitative estimate of drug-likeness (QED) is 0.436. The first-order chi connectivity index (χ1) is 14.6. The lowest BCUT2D eigenvalue weighted by molar-refractivity contribution is -0.148. The maximum absolute atomic E-state index is 12.2. The number of fused-ring (bicyclic) bond motifs is 10. The second kappa shape index (κ2) is 7.40. The summed E-state index contributed by atoms with van der Waals surface area (Å²) in [6.07, 6.45) is 8.68. The molecule has 0 aromatic carbocycles. The Morgan fingerprint density at radius 2 is 1.16 bits per heavy atom. The number of nitrogens with zero attached hydrogens (tertiary/aromatic N) is 2. The van der Waals surface area contributed by atoms with Gasteiger partial charge in [0, 0.05) is 12.6 Å². The van der Waals surface area contributed by atoms with Crippen LogP contribution in [0.3, 0.4) is 0 Å². The highest BCUT2D eigenvalue weighted by atomic mass is 16.5. The largest absolute Gasteiger partial charge is 0.365 e. The van der Waals surface area contributed by atoms with Crippen molar-refractivity contribution in [3.05, 3.63) is 24.3 Å². The van der Waals surface area contributed by atoms with Crippen LogP contribution in [-0.4, -0.2) is 58.2 Å². The number of carbonyl (C=O) groups is 4. The van der Waals surface area contributed by atoms with Gasteiger partial charge in [-0.15, -0.1) is 0 Å². The van der Waals surface area contributed by atoms with Crippen LogP contribution >= 0.6 is 0 Å². The molecule has 8 unspecified atom stereocenters. The molecule has 4 aliphatic heterocycles. The third-order valence-electron chi connectivity index (χ3n) is 7.27. The fourth-order valence-electron chi connectivity index (χ4n) is 6.02. The molecule has 4 fully saturated rings. The maximum atomic E-state index is 12.2. The van der Waals surface area contributed by atoms with Crippen molar-refractivity contribution in [1.29, 1.82) is 0 Å². The molecule has 0 N–H and O–H groups in total. The van der Waals surface area contributed by atoms with Gasteiger partial charge >= 0.3 is 0 Å². The Labute approximate surface area is 183 Å². The normalized spacial score (nSPS) is 40.8. The monoisotopic (exact) mass is 428 g/mol. The molecule has 2 aliphatic carbocycles. The van der Waals surface area contributed by atoms with Crippen LogP contribution in [0.25, 0.3) is 0 Å².